The van der Waals surface area contributed by atoms with Crippen molar-refractivity contribution in [1.82, 2.24) is 10.6 Å². The molecule has 1 atom stereocenters. The van der Waals surface area contributed by atoms with Crippen LogP contribution in [0.3, 0.4) is 0 Å². The fourth-order valence-electron chi connectivity index (χ4n) is 2.65. The number of benzene rings is 1. The van der Waals surface area contributed by atoms with E-state index in [4.69, 9.17) is 9.47 Å². The highest BCUT2D eigenvalue weighted by Gasteiger charge is 2.31. The molecular weight excluding hydrogens is 329 g/mol. The molecule has 3 amide bonds. The van der Waals surface area contributed by atoms with Crippen LogP contribution in [-0.4, -0.2) is 50.6 Å². The highest BCUT2D eigenvalue weighted by Crippen LogP contribution is 2.22. The van der Waals surface area contributed by atoms with Crippen LogP contribution in [0.2, 0.25) is 0 Å². The van der Waals surface area contributed by atoms with Crippen LogP contribution in [0.4, 0.5) is 14.9 Å². The maximum Gasteiger partial charge on any atom is 0.315 e. The molecule has 8 heteroatoms. The Morgan fingerprint density at radius 2 is 2.08 bits per heavy atom. The third-order valence-corrected chi connectivity index (χ3v) is 3.71. The Morgan fingerprint density at radius 3 is 2.72 bits per heavy atom. The molecule has 2 N–H and O–H groups in total. The van der Waals surface area contributed by atoms with E-state index in [9.17, 15) is 14.0 Å². The Bertz CT molecular complexity index is 593. The molecular formula is C17H24FN3O4. The second kappa shape index (κ2) is 9.33. The normalized spacial score (nSPS) is 17.2. The summed E-state index contributed by atoms with van der Waals surface area (Å²) in [5.74, 6) is -0.560. The Hall–Kier alpha value is -2.19. The molecule has 0 radical (unpaired) electrons. The highest BCUT2D eigenvalue weighted by molar-refractivity contribution is 5.96. The van der Waals surface area contributed by atoms with Gasteiger partial charge in [0.1, 0.15) is 5.82 Å². The monoisotopic (exact) mass is 353 g/mol. The van der Waals surface area contributed by atoms with Gasteiger partial charge in [0.25, 0.3) is 0 Å². The number of carbonyl (C=O) groups is 2. The Kier molecular flexibility index (Phi) is 7.15. The van der Waals surface area contributed by atoms with Crippen molar-refractivity contribution >= 4 is 17.6 Å². The van der Waals surface area contributed by atoms with E-state index in [0.717, 1.165) is 0 Å². The quantitative estimate of drug-likeness (QED) is 0.696. The number of amides is 3. The highest BCUT2D eigenvalue weighted by atomic mass is 19.1. The van der Waals surface area contributed by atoms with Crippen LogP contribution in [0.1, 0.15) is 20.3 Å². The van der Waals surface area contributed by atoms with E-state index in [1.54, 1.807) is 12.1 Å². The molecule has 7 nitrogen and oxygen atoms in total. The summed E-state index contributed by atoms with van der Waals surface area (Å²) in [6.45, 7) is 5.16. The second-order valence-electron chi connectivity index (χ2n) is 5.58. The fraction of sp³-hybridized carbons (Fsp3) is 0.529. The van der Waals surface area contributed by atoms with E-state index >= 15 is 0 Å². The summed E-state index contributed by atoms with van der Waals surface area (Å²) in [5, 5.41) is 5.41. The van der Waals surface area contributed by atoms with Gasteiger partial charge in [-0.15, -0.1) is 0 Å². The van der Waals surface area contributed by atoms with Crippen molar-refractivity contribution in [3.05, 3.63) is 30.1 Å². The summed E-state index contributed by atoms with van der Waals surface area (Å²) < 4.78 is 24.0. The standard InChI is InChI=1S/C17H24FN3O4/c1-3-24-16(25-4-2)10-19-17(23)20-13-9-15(22)21(11-13)14-7-5-6-12(18)8-14/h5-8,13,16H,3-4,9-11H2,1-2H3,(H2,19,20,23)/t13-/m1/s1. The van der Waals surface area contributed by atoms with Gasteiger partial charge < -0.3 is 25.0 Å². The molecule has 2 rings (SSSR count). The summed E-state index contributed by atoms with van der Waals surface area (Å²) in [6.07, 6.45) is -0.334. The lowest BCUT2D eigenvalue weighted by molar-refractivity contribution is -0.131. The zero-order valence-electron chi connectivity index (χ0n) is 14.5. The number of rotatable bonds is 8. The van der Waals surface area contributed by atoms with Gasteiger partial charge in [-0.25, -0.2) is 9.18 Å². The third-order valence-electron chi connectivity index (χ3n) is 3.71. The number of halogens is 1. The molecule has 138 valence electrons. The number of nitrogens with one attached hydrogen (secondary N) is 2. The van der Waals surface area contributed by atoms with Crippen LogP contribution in [0, 0.1) is 5.82 Å². The molecule has 0 aromatic heterocycles. The van der Waals surface area contributed by atoms with E-state index in [2.05, 4.69) is 10.6 Å². The topological polar surface area (TPSA) is 79.9 Å². The predicted octanol–water partition coefficient (Wildman–Crippen LogP) is 1.63. The van der Waals surface area contributed by atoms with Crippen molar-refractivity contribution in [3.8, 4) is 0 Å². The van der Waals surface area contributed by atoms with Gasteiger partial charge in [-0.2, -0.15) is 0 Å². The molecule has 1 aliphatic heterocycles. The number of ether oxygens (including phenoxy) is 2. The number of hydrogen-bond donors (Lipinski definition) is 2. The molecule has 0 aliphatic carbocycles. The van der Waals surface area contributed by atoms with Gasteiger partial charge >= 0.3 is 6.03 Å². The molecule has 1 aromatic rings. The van der Waals surface area contributed by atoms with E-state index < -0.39 is 18.1 Å². The minimum absolute atomic E-state index is 0.155. The molecule has 25 heavy (non-hydrogen) atoms. The Balaban J connectivity index is 1.83. The maximum atomic E-state index is 13.3. The Labute approximate surface area is 146 Å². The second-order valence-corrected chi connectivity index (χ2v) is 5.58. The van der Waals surface area contributed by atoms with Crippen LogP contribution in [0.5, 0.6) is 0 Å². The summed E-state index contributed by atoms with van der Waals surface area (Å²) >= 11 is 0. The van der Waals surface area contributed by atoms with Crippen LogP contribution < -0.4 is 15.5 Å². The summed E-state index contributed by atoms with van der Waals surface area (Å²) in [5.41, 5.74) is 0.488. The van der Waals surface area contributed by atoms with Crippen LogP contribution >= 0.6 is 0 Å². The van der Waals surface area contributed by atoms with Gasteiger partial charge in [-0.05, 0) is 32.0 Å². The smallest absolute Gasteiger partial charge is 0.315 e. The average molecular weight is 353 g/mol. The number of anilines is 1. The SMILES string of the molecule is CCOC(CNC(=O)N[C@@H]1CC(=O)N(c2cccc(F)c2)C1)OCC. The van der Waals surface area contributed by atoms with Crippen molar-refractivity contribution < 1.29 is 23.5 Å². The zero-order chi connectivity index (χ0) is 18.2. The fourth-order valence-corrected chi connectivity index (χ4v) is 2.65. The van der Waals surface area contributed by atoms with Gasteiger partial charge in [0.2, 0.25) is 5.91 Å². The minimum Gasteiger partial charge on any atom is -0.351 e. The van der Waals surface area contributed by atoms with Gasteiger partial charge in [-0.1, -0.05) is 6.07 Å². The summed E-state index contributed by atoms with van der Waals surface area (Å²) in [7, 11) is 0. The lowest BCUT2D eigenvalue weighted by atomic mass is 10.2. The van der Waals surface area contributed by atoms with Gasteiger partial charge in [0.05, 0.1) is 12.6 Å². The predicted molar refractivity (Wildman–Crippen MR) is 90.7 cm³/mol. The van der Waals surface area contributed by atoms with Crippen molar-refractivity contribution in [3.63, 3.8) is 0 Å². The van der Waals surface area contributed by atoms with Crippen molar-refractivity contribution in [1.29, 1.82) is 0 Å². The Morgan fingerprint density at radius 1 is 1.36 bits per heavy atom. The first-order valence-electron chi connectivity index (χ1n) is 8.37. The molecule has 1 aliphatic rings. The molecule has 1 saturated heterocycles. The molecule has 1 fully saturated rings. The van der Waals surface area contributed by atoms with Crippen LogP contribution in [-0.2, 0) is 14.3 Å². The van der Waals surface area contributed by atoms with Gasteiger partial charge in [0, 0.05) is 31.9 Å². The molecule has 0 unspecified atom stereocenters. The molecule has 0 bridgehead atoms. The lowest BCUT2D eigenvalue weighted by Gasteiger charge is -2.19. The zero-order valence-corrected chi connectivity index (χ0v) is 14.5. The van der Waals surface area contributed by atoms with E-state index in [1.165, 1.54) is 17.0 Å². The number of hydrogen-bond acceptors (Lipinski definition) is 4. The molecule has 1 heterocycles. The third kappa shape index (κ3) is 5.68. The maximum absolute atomic E-state index is 13.3. The first-order valence-corrected chi connectivity index (χ1v) is 8.37. The molecule has 0 saturated carbocycles. The van der Waals surface area contributed by atoms with Crippen LogP contribution in [0.15, 0.2) is 24.3 Å². The lowest BCUT2D eigenvalue weighted by Crippen LogP contribution is -2.46. The average Bonchev–Trinajstić information content (AvgIpc) is 2.93. The van der Waals surface area contributed by atoms with Gasteiger partial charge in [0.15, 0.2) is 6.29 Å². The first-order chi connectivity index (χ1) is 12.0. The number of carbonyl (C=O) groups excluding carboxylic acids is 2. The largest absolute Gasteiger partial charge is 0.351 e. The van der Waals surface area contributed by atoms with Crippen LogP contribution in [0.25, 0.3) is 0 Å². The van der Waals surface area contributed by atoms with E-state index in [0.29, 0.717) is 25.4 Å². The summed E-state index contributed by atoms with van der Waals surface area (Å²) in [6, 6.07) is 5.09. The van der Waals surface area contributed by atoms with Gasteiger partial charge in [-0.3, -0.25) is 4.79 Å². The van der Waals surface area contributed by atoms with Crippen molar-refractivity contribution in [2.75, 3.05) is 31.2 Å². The molecule has 0 spiro atoms. The van der Waals surface area contributed by atoms with Crippen molar-refractivity contribution in [2.45, 2.75) is 32.6 Å². The first kappa shape index (κ1) is 19.1. The summed E-state index contributed by atoms with van der Waals surface area (Å²) in [4.78, 5) is 25.6. The minimum atomic E-state index is -0.505. The van der Waals surface area contributed by atoms with Crippen molar-refractivity contribution in [2.24, 2.45) is 0 Å². The number of nitrogens with zero attached hydrogens (tertiary/aromatic N) is 1. The van der Waals surface area contributed by atoms with E-state index in [-0.39, 0.29) is 24.9 Å². The molecule has 1 aromatic carbocycles. The van der Waals surface area contributed by atoms with E-state index in [1.807, 2.05) is 13.8 Å². The number of urea groups is 1.